The predicted molar refractivity (Wildman–Crippen MR) is 108 cm³/mol. The number of aromatic nitrogens is 2. The standard InChI is InChI=1S/C20H15N3O2S2/c1-13(10-21)11-27-20-22-18-17(15(12-26-18)16-8-5-9-25-16)19(24)23(20)14-6-3-2-4-7-14/h2-9,12-13H,11H2,1H3/t13-/m0/s1. The van der Waals surface area contributed by atoms with Crippen LogP contribution in [0.3, 0.4) is 0 Å². The molecule has 0 aliphatic heterocycles. The van der Waals surface area contributed by atoms with Crippen molar-refractivity contribution in [2.75, 3.05) is 5.75 Å². The van der Waals surface area contributed by atoms with E-state index in [1.165, 1.54) is 23.1 Å². The van der Waals surface area contributed by atoms with Crippen LogP contribution in [0.2, 0.25) is 0 Å². The Balaban J connectivity index is 1.95. The van der Waals surface area contributed by atoms with Gasteiger partial charge in [-0.1, -0.05) is 30.0 Å². The van der Waals surface area contributed by atoms with Gasteiger partial charge in [-0.15, -0.1) is 11.3 Å². The van der Waals surface area contributed by atoms with Crippen LogP contribution in [-0.2, 0) is 0 Å². The van der Waals surface area contributed by atoms with Crippen LogP contribution >= 0.6 is 23.1 Å². The van der Waals surface area contributed by atoms with E-state index in [0.717, 1.165) is 11.3 Å². The molecular weight excluding hydrogens is 378 g/mol. The SMILES string of the molecule is C[C@@H](C#N)CSc1nc2scc(-c3ccco3)c2c(=O)n1-c1ccccc1. The normalized spacial score (nSPS) is 12.1. The number of hydrogen-bond acceptors (Lipinski definition) is 6. The quantitative estimate of drug-likeness (QED) is 0.354. The fourth-order valence-electron chi connectivity index (χ4n) is 2.72. The molecule has 0 saturated heterocycles. The average molecular weight is 393 g/mol. The van der Waals surface area contributed by atoms with Crippen molar-refractivity contribution in [2.45, 2.75) is 12.1 Å². The molecule has 0 fully saturated rings. The summed E-state index contributed by atoms with van der Waals surface area (Å²) >= 11 is 2.84. The van der Waals surface area contributed by atoms with Gasteiger partial charge in [0.2, 0.25) is 0 Å². The molecule has 1 aromatic carbocycles. The Kier molecular flexibility index (Phi) is 4.84. The maximum atomic E-state index is 13.5. The number of fused-ring (bicyclic) bond motifs is 1. The van der Waals surface area contributed by atoms with Crippen LogP contribution in [-0.4, -0.2) is 15.3 Å². The van der Waals surface area contributed by atoms with Gasteiger partial charge in [0.1, 0.15) is 10.6 Å². The van der Waals surface area contributed by atoms with Crippen LogP contribution in [0.1, 0.15) is 6.92 Å². The number of nitriles is 1. The summed E-state index contributed by atoms with van der Waals surface area (Å²) in [6, 6.07) is 15.3. The summed E-state index contributed by atoms with van der Waals surface area (Å²) in [6.45, 7) is 1.86. The molecule has 3 heterocycles. The summed E-state index contributed by atoms with van der Waals surface area (Å²) in [5.74, 6) is 1.09. The Morgan fingerprint density at radius 1 is 1.30 bits per heavy atom. The van der Waals surface area contributed by atoms with E-state index in [9.17, 15) is 4.79 Å². The molecular formula is C20H15N3O2S2. The first-order valence-corrected chi connectivity index (χ1v) is 10.2. The topological polar surface area (TPSA) is 71.8 Å². The second-order valence-corrected chi connectivity index (χ2v) is 7.86. The molecule has 134 valence electrons. The van der Waals surface area contributed by atoms with Gasteiger partial charge < -0.3 is 4.42 Å². The summed E-state index contributed by atoms with van der Waals surface area (Å²) < 4.78 is 7.12. The molecule has 1 atom stereocenters. The molecule has 0 aliphatic rings. The van der Waals surface area contributed by atoms with E-state index in [1.807, 2.05) is 48.7 Å². The highest BCUT2D eigenvalue weighted by Crippen LogP contribution is 2.33. The lowest BCUT2D eigenvalue weighted by atomic mass is 10.2. The Labute approximate surface area is 163 Å². The van der Waals surface area contributed by atoms with Crippen molar-refractivity contribution in [1.82, 2.24) is 9.55 Å². The van der Waals surface area contributed by atoms with E-state index >= 15 is 0 Å². The van der Waals surface area contributed by atoms with Crippen molar-refractivity contribution in [1.29, 1.82) is 5.26 Å². The number of thioether (sulfide) groups is 1. The lowest BCUT2D eigenvalue weighted by Crippen LogP contribution is -2.21. The molecule has 7 heteroatoms. The van der Waals surface area contributed by atoms with Crippen LogP contribution in [0.15, 0.2) is 68.5 Å². The van der Waals surface area contributed by atoms with E-state index in [-0.39, 0.29) is 11.5 Å². The molecule has 0 unspecified atom stereocenters. The smallest absolute Gasteiger partial charge is 0.268 e. The molecule has 0 N–H and O–H groups in total. The average Bonchev–Trinajstić information content (AvgIpc) is 3.36. The van der Waals surface area contributed by atoms with Crippen LogP contribution in [0.5, 0.6) is 0 Å². The summed E-state index contributed by atoms with van der Waals surface area (Å²) in [5.41, 5.74) is 1.37. The zero-order valence-corrected chi connectivity index (χ0v) is 16.1. The van der Waals surface area contributed by atoms with Gasteiger partial charge in [0, 0.05) is 16.7 Å². The Morgan fingerprint density at radius 3 is 2.81 bits per heavy atom. The number of nitrogens with zero attached hydrogens (tertiary/aromatic N) is 3. The molecule has 0 amide bonds. The number of furan rings is 1. The highest BCUT2D eigenvalue weighted by molar-refractivity contribution is 7.99. The van der Waals surface area contributed by atoms with Crippen LogP contribution in [0.4, 0.5) is 0 Å². The van der Waals surface area contributed by atoms with E-state index in [1.54, 1.807) is 16.9 Å². The minimum Gasteiger partial charge on any atom is -0.464 e. The second-order valence-electron chi connectivity index (χ2n) is 6.02. The number of benzene rings is 1. The predicted octanol–water partition coefficient (Wildman–Crippen LogP) is 4.96. The largest absolute Gasteiger partial charge is 0.464 e. The van der Waals surface area contributed by atoms with E-state index in [0.29, 0.717) is 26.9 Å². The molecule has 5 nitrogen and oxygen atoms in total. The molecule has 27 heavy (non-hydrogen) atoms. The van der Waals surface area contributed by atoms with Crippen LogP contribution in [0, 0.1) is 17.2 Å². The van der Waals surface area contributed by atoms with Crippen LogP contribution in [0.25, 0.3) is 27.2 Å². The zero-order chi connectivity index (χ0) is 18.8. The molecule has 0 radical (unpaired) electrons. The lowest BCUT2D eigenvalue weighted by molar-refractivity contribution is 0.583. The molecule has 0 spiro atoms. The number of rotatable bonds is 5. The third-order valence-electron chi connectivity index (χ3n) is 4.06. The van der Waals surface area contributed by atoms with Gasteiger partial charge >= 0.3 is 0 Å². The first-order valence-electron chi connectivity index (χ1n) is 8.35. The van der Waals surface area contributed by atoms with Crippen molar-refractivity contribution >= 4 is 33.3 Å². The molecule has 0 saturated carbocycles. The second kappa shape index (κ2) is 7.43. The molecule has 0 aliphatic carbocycles. The van der Waals surface area contributed by atoms with Crippen molar-refractivity contribution in [2.24, 2.45) is 5.92 Å². The van der Waals surface area contributed by atoms with Gasteiger partial charge in [-0.2, -0.15) is 5.26 Å². The summed E-state index contributed by atoms with van der Waals surface area (Å²) in [7, 11) is 0. The lowest BCUT2D eigenvalue weighted by Gasteiger charge is -2.12. The van der Waals surface area contributed by atoms with Crippen molar-refractivity contribution in [3.8, 4) is 23.1 Å². The third-order valence-corrected chi connectivity index (χ3v) is 6.13. The third kappa shape index (κ3) is 3.29. The van der Waals surface area contributed by atoms with Crippen molar-refractivity contribution in [3.63, 3.8) is 0 Å². The Bertz CT molecular complexity index is 1170. The maximum absolute atomic E-state index is 13.5. The maximum Gasteiger partial charge on any atom is 0.268 e. The number of hydrogen-bond donors (Lipinski definition) is 0. The number of thiophene rings is 1. The zero-order valence-electron chi connectivity index (χ0n) is 14.5. The van der Waals surface area contributed by atoms with Crippen molar-refractivity contribution < 1.29 is 4.42 Å². The fourth-order valence-corrected chi connectivity index (χ4v) is 4.65. The monoisotopic (exact) mass is 393 g/mol. The summed E-state index contributed by atoms with van der Waals surface area (Å²) in [6.07, 6.45) is 1.59. The van der Waals surface area contributed by atoms with Gasteiger partial charge in [0.05, 0.1) is 29.3 Å². The van der Waals surface area contributed by atoms with Crippen LogP contribution < -0.4 is 5.56 Å². The first-order chi connectivity index (χ1) is 13.2. The van der Waals surface area contributed by atoms with Gasteiger partial charge in [0.25, 0.3) is 5.56 Å². The van der Waals surface area contributed by atoms with E-state index < -0.39 is 0 Å². The molecule has 0 bridgehead atoms. The van der Waals surface area contributed by atoms with E-state index in [2.05, 4.69) is 6.07 Å². The highest BCUT2D eigenvalue weighted by atomic mass is 32.2. The van der Waals surface area contributed by atoms with Gasteiger partial charge in [-0.05, 0) is 31.2 Å². The summed E-state index contributed by atoms with van der Waals surface area (Å²) in [4.78, 5) is 18.9. The molecule has 4 rings (SSSR count). The first kappa shape index (κ1) is 17.6. The van der Waals surface area contributed by atoms with Gasteiger partial charge in [-0.25, -0.2) is 4.98 Å². The fraction of sp³-hybridized carbons (Fsp3) is 0.150. The Hall–Kier alpha value is -2.82. The minimum atomic E-state index is -0.133. The molecule has 4 aromatic rings. The Morgan fingerprint density at radius 2 is 2.11 bits per heavy atom. The van der Waals surface area contributed by atoms with Crippen molar-refractivity contribution in [3.05, 3.63) is 64.5 Å². The summed E-state index contributed by atoms with van der Waals surface area (Å²) in [5, 5.41) is 12.1. The van der Waals surface area contributed by atoms with E-state index in [4.69, 9.17) is 14.7 Å². The number of para-hydroxylation sites is 1. The minimum absolute atomic E-state index is 0.131. The molecule has 3 aromatic heterocycles. The van der Waals surface area contributed by atoms with Gasteiger partial charge in [0.15, 0.2) is 5.16 Å². The highest BCUT2D eigenvalue weighted by Gasteiger charge is 2.20. The van der Waals surface area contributed by atoms with Gasteiger partial charge in [-0.3, -0.25) is 9.36 Å².